The number of hydrogen-bond acceptors (Lipinski definition) is 4. The zero-order chi connectivity index (χ0) is 13.0. The molecule has 98 valence electrons. The van der Waals surface area contributed by atoms with Crippen molar-refractivity contribution in [3.63, 3.8) is 0 Å². The summed E-state index contributed by atoms with van der Waals surface area (Å²) in [6.45, 7) is 0.388. The van der Waals surface area contributed by atoms with E-state index < -0.39 is 11.4 Å². The van der Waals surface area contributed by atoms with Gasteiger partial charge in [-0.2, -0.15) is 0 Å². The molecule has 0 spiro atoms. The molecule has 18 heavy (non-hydrogen) atoms. The van der Waals surface area contributed by atoms with Crippen molar-refractivity contribution >= 4 is 23.4 Å². The molecule has 0 saturated heterocycles. The number of carboxylic acids is 1. The fourth-order valence-corrected chi connectivity index (χ4v) is 2.47. The third-order valence-corrected chi connectivity index (χ3v) is 3.71. The van der Waals surface area contributed by atoms with Crippen LogP contribution in [0.1, 0.15) is 32.1 Å². The van der Waals surface area contributed by atoms with Crippen LogP contribution in [0.5, 0.6) is 0 Å². The molecule has 6 heteroatoms. The molecule has 1 aromatic rings. The highest BCUT2D eigenvalue weighted by Gasteiger charge is 2.39. The number of rotatable bonds is 4. The first kappa shape index (κ1) is 13.1. The van der Waals surface area contributed by atoms with Crippen LogP contribution in [0.4, 0.5) is 5.82 Å². The molecular formula is C12H16ClN3O2. The highest BCUT2D eigenvalue weighted by atomic mass is 35.5. The summed E-state index contributed by atoms with van der Waals surface area (Å²) in [5, 5.41) is 20.4. The second kappa shape index (κ2) is 5.52. The molecule has 1 aliphatic rings. The minimum Gasteiger partial charge on any atom is -0.481 e. The third-order valence-electron chi connectivity index (χ3n) is 3.50. The summed E-state index contributed by atoms with van der Waals surface area (Å²) >= 11 is 5.64. The predicted molar refractivity (Wildman–Crippen MR) is 68.7 cm³/mol. The van der Waals surface area contributed by atoms with Crippen molar-refractivity contribution in [3.8, 4) is 0 Å². The smallest absolute Gasteiger partial charge is 0.311 e. The maximum absolute atomic E-state index is 11.5. The average molecular weight is 270 g/mol. The average Bonchev–Trinajstić information content (AvgIpc) is 2.39. The Morgan fingerprint density at radius 3 is 2.61 bits per heavy atom. The predicted octanol–water partition coefficient (Wildman–Crippen LogP) is 2.58. The molecule has 0 bridgehead atoms. The van der Waals surface area contributed by atoms with Crippen molar-refractivity contribution in [2.24, 2.45) is 5.41 Å². The first-order valence-corrected chi connectivity index (χ1v) is 6.47. The van der Waals surface area contributed by atoms with E-state index in [1.165, 1.54) is 0 Å². The van der Waals surface area contributed by atoms with Crippen molar-refractivity contribution in [1.29, 1.82) is 0 Å². The van der Waals surface area contributed by atoms with E-state index in [2.05, 4.69) is 15.5 Å². The lowest BCUT2D eigenvalue weighted by atomic mass is 9.74. The maximum atomic E-state index is 11.5. The summed E-state index contributed by atoms with van der Waals surface area (Å²) in [5.41, 5.74) is -0.667. The fraction of sp³-hybridized carbons (Fsp3) is 0.583. The van der Waals surface area contributed by atoms with Crippen molar-refractivity contribution in [1.82, 2.24) is 10.2 Å². The van der Waals surface area contributed by atoms with Gasteiger partial charge in [0.15, 0.2) is 5.15 Å². The lowest BCUT2D eigenvalue weighted by Crippen LogP contribution is -2.39. The van der Waals surface area contributed by atoms with Crippen LogP contribution in [-0.4, -0.2) is 27.8 Å². The van der Waals surface area contributed by atoms with Crippen LogP contribution in [0.2, 0.25) is 5.15 Å². The molecule has 0 amide bonds. The minimum absolute atomic E-state index is 0.325. The highest BCUT2D eigenvalue weighted by Crippen LogP contribution is 2.36. The molecule has 2 rings (SSSR count). The van der Waals surface area contributed by atoms with E-state index in [0.29, 0.717) is 17.5 Å². The second-order valence-electron chi connectivity index (χ2n) is 4.74. The Hall–Kier alpha value is -1.36. The number of nitrogens with zero attached hydrogens (tertiary/aromatic N) is 2. The van der Waals surface area contributed by atoms with E-state index in [0.717, 1.165) is 32.1 Å². The van der Waals surface area contributed by atoms with E-state index in [4.69, 9.17) is 11.6 Å². The summed E-state index contributed by atoms with van der Waals surface area (Å²) in [4.78, 5) is 11.5. The molecule has 0 aromatic carbocycles. The van der Waals surface area contributed by atoms with Crippen molar-refractivity contribution in [3.05, 3.63) is 17.3 Å². The van der Waals surface area contributed by atoms with Gasteiger partial charge >= 0.3 is 5.97 Å². The van der Waals surface area contributed by atoms with Crippen molar-refractivity contribution in [2.45, 2.75) is 32.1 Å². The summed E-state index contributed by atoms with van der Waals surface area (Å²) in [7, 11) is 0. The minimum atomic E-state index is -0.725. The summed E-state index contributed by atoms with van der Waals surface area (Å²) in [5.74, 6) is -0.165. The van der Waals surface area contributed by atoms with Gasteiger partial charge in [0.25, 0.3) is 0 Å². The number of aromatic nitrogens is 2. The zero-order valence-electron chi connectivity index (χ0n) is 10.0. The van der Waals surface area contributed by atoms with Gasteiger partial charge < -0.3 is 10.4 Å². The highest BCUT2D eigenvalue weighted by molar-refractivity contribution is 6.29. The Labute approximate surface area is 111 Å². The molecule has 1 aromatic heterocycles. The Morgan fingerprint density at radius 1 is 1.33 bits per heavy atom. The molecule has 0 aliphatic heterocycles. The molecule has 1 aliphatic carbocycles. The molecule has 5 nitrogen and oxygen atoms in total. The van der Waals surface area contributed by atoms with Gasteiger partial charge in [0.2, 0.25) is 0 Å². The number of anilines is 1. The number of nitrogens with one attached hydrogen (secondary N) is 1. The van der Waals surface area contributed by atoms with Crippen LogP contribution in [0.25, 0.3) is 0 Å². The summed E-state index contributed by atoms with van der Waals surface area (Å²) < 4.78 is 0. The van der Waals surface area contributed by atoms with Crippen LogP contribution in [0.3, 0.4) is 0 Å². The van der Waals surface area contributed by atoms with Crippen LogP contribution in [0, 0.1) is 5.41 Å². The summed E-state index contributed by atoms with van der Waals surface area (Å²) in [6.07, 6.45) is 4.50. The molecule has 1 heterocycles. The first-order chi connectivity index (χ1) is 8.62. The van der Waals surface area contributed by atoms with Crippen LogP contribution < -0.4 is 5.32 Å². The van der Waals surface area contributed by atoms with Gasteiger partial charge in [0.05, 0.1) is 5.41 Å². The molecule has 0 unspecified atom stereocenters. The van der Waals surface area contributed by atoms with Gasteiger partial charge in [-0.1, -0.05) is 30.9 Å². The Bertz CT molecular complexity index is 416. The SMILES string of the molecule is O=C(O)C1(CNc2ccc(Cl)nn2)CCCCC1. The largest absolute Gasteiger partial charge is 0.481 e. The standard InChI is InChI=1S/C12H16ClN3O2/c13-9-4-5-10(16-15-9)14-8-12(11(17)18)6-2-1-3-7-12/h4-5H,1-3,6-8H2,(H,14,16)(H,17,18). The van der Waals surface area contributed by atoms with Crippen LogP contribution >= 0.6 is 11.6 Å². The topological polar surface area (TPSA) is 75.1 Å². The lowest BCUT2D eigenvalue weighted by Gasteiger charge is -2.33. The first-order valence-electron chi connectivity index (χ1n) is 6.09. The Balaban J connectivity index is 2.01. The third kappa shape index (κ3) is 2.90. The van der Waals surface area contributed by atoms with E-state index >= 15 is 0 Å². The second-order valence-corrected chi connectivity index (χ2v) is 5.13. The fourth-order valence-electron chi connectivity index (χ4n) is 2.36. The van der Waals surface area contributed by atoms with Gasteiger partial charge in [-0.05, 0) is 25.0 Å². The Kier molecular flexibility index (Phi) is 4.01. The number of aliphatic carboxylic acids is 1. The quantitative estimate of drug-likeness (QED) is 0.879. The number of carbonyl (C=O) groups is 1. The van der Waals surface area contributed by atoms with Gasteiger partial charge in [-0.15, -0.1) is 10.2 Å². The van der Waals surface area contributed by atoms with E-state index in [9.17, 15) is 9.90 Å². The van der Waals surface area contributed by atoms with Gasteiger partial charge in [0.1, 0.15) is 5.82 Å². The van der Waals surface area contributed by atoms with Crippen LogP contribution in [0.15, 0.2) is 12.1 Å². The molecule has 1 fully saturated rings. The molecule has 1 saturated carbocycles. The molecule has 0 radical (unpaired) electrons. The molecule has 0 atom stereocenters. The molecule has 2 N–H and O–H groups in total. The van der Waals surface area contributed by atoms with Crippen LogP contribution in [-0.2, 0) is 4.79 Å². The number of hydrogen-bond donors (Lipinski definition) is 2. The Morgan fingerprint density at radius 2 is 2.06 bits per heavy atom. The monoisotopic (exact) mass is 269 g/mol. The maximum Gasteiger partial charge on any atom is 0.311 e. The normalized spacial score (nSPS) is 18.3. The number of carboxylic acid groups (broad SMARTS) is 1. The lowest BCUT2D eigenvalue weighted by molar-refractivity contribution is -0.150. The van der Waals surface area contributed by atoms with Crippen molar-refractivity contribution < 1.29 is 9.90 Å². The van der Waals surface area contributed by atoms with E-state index in [-0.39, 0.29) is 0 Å². The zero-order valence-corrected chi connectivity index (χ0v) is 10.8. The van der Waals surface area contributed by atoms with E-state index in [1.54, 1.807) is 12.1 Å². The van der Waals surface area contributed by atoms with Gasteiger partial charge in [-0.3, -0.25) is 4.79 Å². The number of halogens is 1. The van der Waals surface area contributed by atoms with Gasteiger partial charge in [0, 0.05) is 6.54 Å². The van der Waals surface area contributed by atoms with Crippen molar-refractivity contribution in [2.75, 3.05) is 11.9 Å². The molecular weight excluding hydrogens is 254 g/mol. The summed E-state index contributed by atoms with van der Waals surface area (Å²) in [6, 6.07) is 3.33. The van der Waals surface area contributed by atoms with Gasteiger partial charge in [-0.25, -0.2) is 0 Å². The van der Waals surface area contributed by atoms with E-state index in [1.807, 2.05) is 0 Å².